The number of carbonyl (C=O) groups is 3. The third-order valence-corrected chi connectivity index (χ3v) is 5.50. The topological polar surface area (TPSA) is 87.7 Å². The zero-order valence-electron chi connectivity index (χ0n) is 16.4. The van der Waals surface area contributed by atoms with E-state index in [4.69, 9.17) is 4.74 Å². The fraction of sp³-hybridized carbons (Fsp3) is 0.318. The quantitative estimate of drug-likeness (QED) is 0.781. The molecular formula is C22H23N3O4. The van der Waals surface area contributed by atoms with Crippen molar-refractivity contribution in [1.29, 1.82) is 0 Å². The highest BCUT2D eigenvalue weighted by atomic mass is 16.5. The van der Waals surface area contributed by atoms with Gasteiger partial charge in [-0.05, 0) is 25.5 Å². The Balaban J connectivity index is 1.47. The Morgan fingerprint density at radius 1 is 1.21 bits per heavy atom. The number of carbonyl (C=O) groups excluding carboxylic acids is 3. The summed E-state index contributed by atoms with van der Waals surface area (Å²) in [6.45, 7) is 3.78. The van der Waals surface area contributed by atoms with Crippen LogP contribution in [0.15, 0.2) is 48.5 Å². The number of aryl methyl sites for hydroxylation is 1. The number of para-hydroxylation sites is 1. The van der Waals surface area contributed by atoms with Crippen molar-refractivity contribution < 1.29 is 19.1 Å². The molecule has 1 fully saturated rings. The average Bonchev–Trinajstić information content (AvgIpc) is 2.92. The fourth-order valence-electron chi connectivity index (χ4n) is 3.80. The molecule has 2 atom stereocenters. The van der Waals surface area contributed by atoms with Gasteiger partial charge in [-0.1, -0.05) is 48.0 Å². The van der Waals surface area contributed by atoms with Gasteiger partial charge in [0.05, 0.1) is 12.6 Å². The highest BCUT2D eigenvalue weighted by Crippen LogP contribution is 2.32. The van der Waals surface area contributed by atoms with Crippen LogP contribution in [0.4, 0.5) is 4.79 Å². The van der Waals surface area contributed by atoms with Gasteiger partial charge in [0.1, 0.15) is 17.8 Å². The van der Waals surface area contributed by atoms with Gasteiger partial charge in [-0.3, -0.25) is 14.5 Å². The number of hydrogen-bond acceptors (Lipinski definition) is 4. The van der Waals surface area contributed by atoms with Crippen LogP contribution in [-0.2, 0) is 15.1 Å². The van der Waals surface area contributed by atoms with Crippen molar-refractivity contribution in [1.82, 2.24) is 15.5 Å². The van der Waals surface area contributed by atoms with E-state index in [2.05, 4.69) is 10.6 Å². The Morgan fingerprint density at radius 3 is 2.69 bits per heavy atom. The van der Waals surface area contributed by atoms with Crippen molar-refractivity contribution in [2.24, 2.45) is 0 Å². The van der Waals surface area contributed by atoms with Gasteiger partial charge in [0.25, 0.3) is 5.91 Å². The maximum atomic E-state index is 13.0. The Bertz CT molecular complexity index is 972. The van der Waals surface area contributed by atoms with Crippen LogP contribution >= 0.6 is 0 Å². The van der Waals surface area contributed by atoms with Crippen molar-refractivity contribution in [2.45, 2.75) is 31.8 Å². The molecule has 2 aliphatic heterocycles. The third kappa shape index (κ3) is 3.44. The van der Waals surface area contributed by atoms with E-state index in [1.54, 1.807) is 6.92 Å². The minimum absolute atomic E-state index is 0.211. The van der Waals surface area contributed by atoms with E-state index in [1.165, 1.54) is 0 Å². The number of ether oxygens (including phenoxy) is 1. The first-order valence-electron chi connectivity index (χ1n) is 9.61. The number of nitrogens with zero attached hydrogens (tertiary/aromatic N) is 1. The monoisotopic (exact) mass is 393 g/mol. The number of fused-ring (bicyclic) bond motifs is 1. The molecule has 2 aromatic carbocycles. The van der Waals surface area contributed by atoms with E-state index in [0.29, 0.717) is 18.6 Å². The molecule has 0 spiro atoms. The predicted molar refractivity (Wildman–Crippen MR) is 106 cm³/mol. The normalized spacial score (nSPS) is 23.2. The van der Waals surface area contributed by atoms with Gasteiger partial charge >= 0.3 is 6.03 Å². The molecule has 29 heavy (non-hydrogen) atoms. The lowest BCUT2D eigenvalue weighted by atomic mass is 9.91. The van der Waals surface area contributed by atoms with E-state index < -0.39 is 17.5 Å². The molecule has 4 rings (SSSR count). The minimum atomic E-state index is -1.18. The lowest BCUT2D eigenvalue weighted by Crippen LogP contribution is -2.44. The molecule has 0 radical (unpaired) electrons. The molecule has 2 heterocycles. The molecule has 7 heteroatoms. The summed E-state index contributed by atoms with van der Waals surface area (Å²) in [7, 11) is 0. The van der Waals surface area contributed by atoms with E-state index in [1.807, 2.05) is 55.5 Å². The summed E-state index contributed by atoms with van der Waals surface area (Å²) in [4.78, 5) is 39.1. The van der Waals surface area contributed by atoms with Gasteiger partial charge in [0, 0.05) is 12.0 Å². The van der Waals surface area contributed by atoms with Gasteiger partial charge in [-0.25, -0.2) is 4.79 Å². The van der Waals surface area contributed by atoms with Crippen LogP contribution in [0.3, 0.4) is 0 Å². The standard InChI is InChI=1S/C22H23N3O4/c1-14-7-9-15(10-8-14)22(2)20(27)25(21(28)24-22)13-19(26)23-17-11-12-29-18-6-4-3-5-16(17)18/h3-10,17H,11-13H2,1-2H3,(H,23,26)(H,24,28)/t17-,22+/m0/s1. The number of imide groups is 1. The Hall–Kier alpha value is -3.35. The van der Waals surface area contributed by atoms with E-state index in [0.717, 1.165) is 21.8 Å². The smallest absolute Gasteiger partial charge is 0.325 e. The second-order valence-electron chi connectivity index (χ2n) is 7.61. The van der Waals surface area contributed by atoms with Crippen LogP contribution in [0.25, 0.3) is 0 Å². The van der Waals surface area contributed by atoms with E-state index in [-0.39, 0.29) is 18.5 Å². The number of rotatable bonds is 4. The van der Waals surface area contributed by atoms with Crippen molar-refractivity contribution >= 4 is 17.8 Å². The maximum absolute atomic E-state index is 13.0. The summed E-state index contributed by atoms with van der Waals surface area (Å²) in [6, 6.07) is 14.2. The highest BCUT2D eigenvalue weighted by molar-refractivity contribution is 6.09. The van der Waals surface area contributed by atoms with Crippen molar-refractivity contribution in [2.75, 3.05) is 13.2 Å². The van der Waals surface area contributed by atoms with Crippen LogP contribution in [-0.4, -0.2) is 35.9 Å². The van der Waals surface area contributed by atoms with Crippen molar-refractivity contribution in [3.05, 3.63) is 65.2 Å². The molecule has 7 nitrogen and oxygen atoms in total. The van der Waals surface area contributed by atoms with Crippen LogP contribution in [0.2, 0.25) is 0 Å². The van der Waals surface area contributed by atoms with Gasteiger partial charge in [0.2, 0.25) is 5.91 Å². The molecule has 0 aliphatic carbocycles. The Labute approximate surface area is 169 Å². The first-order valence-corrected chi connectivity index (χ1v) is 9.61. The number of urea groups is 1. The zero-order valence-corrected chi connectivity index (χ0v) is 16.4. The molecule has 0 unspecified atom stereocenters. The summed E-state index contributed by atoms with van der Waals surface area (Å²) in [5.74, 6) is -0.0803. The predicted octanol–water partition coefficient (Wildman–Crippen LogP) is 2.40. The third-order valence-electron chi connectivity index (χ3n) is 5.50. The average molecular weight is 393 g/mol. The number of nitrogens with one attached hydrogen (secondary N) is 2. The first-order chi connectivity index (χ1) is 13.9. The molecular weight excluding hydrogens is 370 g/mol. The summed E-state index contributed by atoms with van der Waals surface area (Å²) in [6.07, 6.45) is 0.629. The van der Waals surface area contributed by atoms with Crippen molar-refractivity contribution in [3.8, 4) is 5.75 Å². The highest BCUT2D eigenvalue weighted by Gasteiger charge is 2.49. The largest absolute Gasteiger partial charge is 0.493 e. The van der Waals surface area contributed by atoms with Crippen molar-refractivity contribution in [3.63, 3.8) is 0 Å². The Morgan fingerprint density at radius 2 is 1.93 bits per heavy atom. The minimum Gasteiger partial charge on any atom is -0.493 e. The lowest BCUT2D eigenvalue weighted by Gasteiger charge is -2.27. The number of amides is 4. The molecule has 0 aromatic heterocycles. The van der Waals surface area contributed by atoms with Crippen LogP contribution in [0, 0.1) is 6.92 Å². The maximum Gasteiger partial charge on any atom is 0.325 e. The summed E-state index contributed by atoms with van der Waals surface area (Å²) in [5, 5.41) is 5.65. The first kappa shape index (κ1) is 19.0. The van der Waals surface area contributed by atoms with Gasteiger partial charge in [0.15, 0.2) is 0 Å². The molecule has 4 amide bonds. The van der Waals surface area contributed by atoms with Gasteiger partial charge in [-0.2, -0.15) is 0 Å². The van der Waals surface area contributed by atoms with Crippen LogP contribution in [0.1, 0.15) is 36.1 Å². The second-order valence-corrected chi connectivity index (χ2v) is 7.61. The van der Waals surface area contributed by atoms with Crippen LogP contribution in [0.5, 0.6) is 5.75 Å². The molecule has 2 aliphatic rings. The summed E-state index contributed by atoms with van der Waals surface area (Å²) < 4.78 is 5.61. The molecule has 0 bridgehead atoms. The lowest BCUT2D eigenvalue weighted by molar-refractivity contribution is -0.135. The Kier molecular flexibility index (Phi) is 4.74. The van der Waals surface area contributed by atoms with E-state index >= 15 is 0 Å². The zero-order chi connectivity index (χ0) is 20.6. The van der Waals surface area contributed by atoms with Gasteiger partial charge < -0.3 is 15.4 Å². The molecule has 2 aromatic rings. The summed E-state index contributed by atoms with van der Waals surface area (Å²) in [5.41, 5.74) is 1.45. The van der Waals surface area contributed by atoms with Crippen LogP contribution < -0.4 is 15.4 Å². The number of benzene rings is 2. The van der Waals surface area contributed by atoms with E-state index in [9.17, 15) is 14.4 Å². The fourth-order valence-corrected chi connectivity index (χ4v) is 3.80. The molecule has 150 valence electrons. The second kappa shape index (κ2) is 7.24. The summed E-state index contributed by atoms with van der Waals surface area (Å²) >= 11 is 0. The molecule has 1 saturated heterocycles. The number of hydrogen-bond donors (Lipinski definition) is 2. The molecule has 2 N–H and O–H groups in total. The van der Waals surface area contributed by atoms with Gasteiger partial charge in [-0.15, -0.1) is 0 Å². The SMILES string of the molecule is Cc1ccc([C@@]2(C)NC(=O)N(CC(=O)N[C@H]3CCOc4ccccc43)C2=O)cc1. The molecule has 0 saturated carbocycles.